The number of rotatable bonds is 3. The molecule has 9 nitrogen and oxygen atoms in total. The first kappa shape index (κ1) is 24.8. The number of amides is 1. The lowest BCUT2D eigenvalue weighted by molar-refractivity contribution is -0.386. The van der Waals surface area contributed by atoms with Crippen molar-refractivity contribution in [1.29, 1.82) is 0 Å². The average Bonchev–Trinajstić information content (AvgIpc) is 2.64. The predicted molar refractivity (Wildman–Crippen MR) is 125 cm³/mol. The number of pyridine rings is 1. The second-order valence-electron chi connectivity index (χ2n) is 8.18. The number of carbonyl (C=O) groups is 2. The van der Waals surface area contributed by atoms with E-state index in [4.69, 9.17) is 21.1 Å². The molecule has 0 aliphatic carbocycles. The maximum Gasteiger partial charge on any atom is 0.410 e. The highest BCUT2D eigenvalue weighted by molar-refractivity contribution is 14.1. The Kier molecular flexibility index (Phi) is 6.61. The molecule has 0 radical (unpaired) electrons. The molecule has 2 aromatic rings. The van der Waals surface area contributed by atoms with Crippen LogP contribution in [0.2, 0.25) is 5.15 Å². The lowest BCUT2D eigenvalue weighted by Gasteiger charge is -2.47. The summed E-state index contributed by atoms with van der Waals surface area (Å²) in [5.74, 6) is -1.62. The van der Waals surface area contributed by atoms with Crippen LogP contribution in [0.25, 0.3) is 10.9 Å². The normalized spacial score (nSPS) is 15.3. The Balaban J connectivity index is 2.29. The van der Waals surface area contributed by atoms with E-state index >= 15 is 0 Å². The van der Waals surface area contributed by atoms with Gasteiger partial charge in [-0.05, 0) is 65.4 Å². The molecular formula is C19H17BrClFIN3O6. The van der Waals surface area contributed by atoms with Gasteiger partial charge in [0, 0.05) is 22.0 Å². The number of halogens is 4. The van der Waals surface area contributed by atoms with Gasteiger partial charge in [0.2, 0.25) is 5.15 Å². The molecule has 1 aromatic carbocycles. The molecule has 172 valence electrons. The first-order chi connectivity index (χ1) is 14.7. The lowest BCUT2D eigenvalue weighted by Crippen LogP contribution is -2.66. The fourth-order valence-corrected chi connectivity index (χ4v) is 4.66. The minimum atomic E-state index is -1.66. The summed E-state index contributed by atoms with van der Waals surface area (Å²) < 4.78 is 25.8. The molecule has 3 rings (SSSR count). The van der Waals surface area contributed by atoms with E-state index in [1.807, 2.05) is 22.6 Å². The van der Waals surface area contributed by atoms with Crippen LogP contribution in [0, 0.1) is 19.5 Å². The third-order valence-electron chi connectivity index (χ3n) is 4.86. The van der Waals surface area contributed by atoms with E-state index < -0.39 is 44.7 Å². The van der Waals surface area contributed by atoms with Gasteiger partial charge >= 0.3 is 17.7 Å². The van der Waals surface area contributed by atoms with Crippen molar-refractivity contribution in [2.45, 2.75) is 31.8 Å². The van der Waals surface area contributed by atoms with E-state index in [0.717, 1.165) is 7.11 Å². The number of esters is 1. The maximum atomic E-state index is 15.0. The van der Waals surface area contributed by atoms with Crippen molar-refractivity contribution in [2.75, 3.05) is 20.2 Å². The van der Waals surface area contributed by atoms with Gasteiger partial charge in [0.1, 0.15) is 16.5 Å². The third kappa shape index (κ3) is 4.12. The van der Waals surface area contributed by atoms with Gasteiger partial charge in [-0.15, -0.1) is 0 Å². The van der Waals surface area contributed by atoms with Gasteiger partial charge in [0.05, 0.1) is 22.1 Å². The summed E-state index contributed by atoms with van der Waals surface area (Å²) in [7, 11) is 1.12. The van der Waals surface area contributed by atoms with Crippen LogP contribution in [0.5, 0.6) is 0 Å². The number of aromatic nitrogens is 1. The van der Waals surface area contributed by atoms with Crippen molar-refractivity contribution in [2.24, 2.45) is 0 Å². The first-order valence-electron chi connectivity index (χ1n) is 9.11. The van der Waals surface area contributed by atoms with Gasteiger partial charge < -0.3 is 14.4 Å². The van der Waals surface area contributed by atoms with Crippen molar-refractivity contribution in [3.63, 3.8) is 0 Å². The highest BCUT2D eigenvalue weighted by Gasteiger charge is 2.58. The van der Waals surface area contributed by atoms with Crippen molar-refractivity contribution in [1.82, 2.24) is 9.88 Å². The van der Waals surface area contributed by atoms with Crippen molar-refractivity contribution in [3.8, 4) is 0 Å². The van der Waals surface area contributed by atoms with E-state index in [1.165, 1.54) is 11.0 Å². The zero-order valence-corrected chi connectivity index (χ0v) is 21.8. The quantitative estimate of drug-likeness (QED) is 0.116. The predicted octanol–water partition coefficient (Wildman–Crippen LogP) is 4.96. The Morgan fingerprint density at radius 2 is 2.00 bits per heavy atom. The van der Waals surface area contributed by atoms with Crippen LogP contribution in [0.4, 0.5) is 14.9 Å². The fourth-order valence-electron chi connectivity index (χ4n) is 3.56. The van der Waals surface area contributed by atoms with Crippen molar-refractivity contribution in [3.05, 3.63) is 40.8 Å². The van der Waals surface area contributed by atoms with Gasteiger partial charge in [0.15, 0.2) is 5.82 Å². The molecule has 0 atom stereocenters. The zero-order valence-electron chi connectivity index (χ0n) is 17.3. The highest BCUT2D eigenvalue weighted by Crippen LogP contribution is 2.48. The number of ether oxygens (including phenoxy) is 2. The topological polar surface area (TPSA) is 112 Å². The number of hydrogen-bond acceptors (Lipinski definition) is 7. The number of carbonyl (C=O) groups excluding carboxylic acids is 2. The number of hydrogen-bond donors (Lipinski definition) is 0. The standard InChI is InChI=1S/C19H17BrClFIN3O6/c1-18(2,3)32-17(28)25-6-19(7-25,16(27)31-4)10-8-5-9(23)11(20)12(22)13(8)24-15(21)14(10)26(29)30/h5H,6-7H2,1-4H3. The summed E-state index contributed by atoms with van der Waals surface area (Å²) in [5, 5.41) is 11.4. The molecule has 0 unspecified atom stereocenters. The zero-order chi connectivity index (χ0) is 24.2. The first-order valence-corrected chi connectivity index (χ1v) is 11.4. The van der Waals surface area contributed by atoms with Crippen LogP contribution in [0.15, 0.2) is 10.5 Å². The summed E-state index contributed by atoms with van der Waals surface area (Å²) in [6.45, 7) is 4.49. The van der Waals surface area contributed by atoms with E-state index in [2.05, 4.69) is 20.9 Å². The minimum Gasteiger partial charge on any atom is -0.468 e. The summed E-state index contributed by atoms with van der Waals surface area (Å²) >= 11 is 11.1. The van der Waals surface area contributed by atoms with Gasteiger partial charge in [-0.2, -0.15) is 0 Å². The average molecular weight is 645 g/mol. The Bertz CT molecular complexity index is 1170. The summed E-state index contributed by atoms with van der Waals surface area (Å²) in [6.07, 6.45) is -0.701. The van der Waals surface area contributed by atoms with Crippen LogP contribution < -0.4 is 0 Å². The highest BCUT2D eigenvalue weighted by atomic mass is 127. The fraction of sp³-hybridized carbons (Fsp3) is 0.421. The summed E-state index contributed by atoms with van der Waals surface area (Å²) in [5.41, 5.74) is -3.51. The second-order valence-corrected chi connectivity index (χ2v) is 10.5. The monoisotopic (exact) mass is 643 g/mol. The molecule has 1 aliphatic rings. The summed E-state index contributed by atoms with van der Waals surface area (Å²) in [4.78, 5) is 41.7. The smallest absolute Gasteiger partial charge is 0.410 e. The number of methoxy groups -OCH3 is 1. The van der Waals surface area contributed by atoms with E-state index in [-0.39, 0.29) is 34.0 Å². The Morgan fingerprint density at radius 1 is 1.41 bits per heavy atom. The molecule has 0 bridgehead atoms. The number of nitro groups is 1. The molecular weight excluding hydrogens is 627 g/mol. The molecule has 0 saturated carbocycles. The SMILES string of the molecule is COC(=O)C1(c2c([N+](=O)[O-])c(Cl)nc3c(F)c(Br)c(I)cc23)CN(C(=O)OC(C)(C)C)C1. The van der Waals surface area contributed by atoms with Crippen molar-refractivity contribution < 1.29 is 28.4 Å². The Morgan fingerprint density at radius 3 is 2.50 bits per heavy atom. The molecule has 2 heterocycles. The molecule has 1 amide bonds. The number of nitrogens with zero attached hydrogens (tertiary/aromatic N) is 3. The minimum absolute atomic E-state index is 0.0282. The van der Waals surface area contributed by atoms with Crippen molar-refractivity contribution >= 4 is 78.8 Å². The van der Waals surface area contributed by atoms with E-state index in [0.29, 0.717) is 3.57 Å². The molecule has 1 saturated heterocycles. The number of benzene rings is 1. The molecule has 1 fully saturated rings. The Labute approximate surface area is 209 Å². The maximum absolute atomic E-state index is 15.0. The largest absolute Gasteiger partial charge is 0.468 e. The van der Waals surface area contributed by atoms with Gasteiger partial charge in [-0.1, -0.05) is 11.6 Å². The Hall–Kier alpha value is -1.80. The van der Waals surface area contributed by atoms with Gasteiger partial charge in [0.25, 0.3) is 0 Å². The molecule has 0 N–H and O–H groups in total. The number of fused-ring (bicyclic) bond motifs is 1. The van der Waals surface area contributed by atoms with Gasteiger partial charge in [-0.25, -0.2) is 14.2 Å². The lowest BCUT2D eigenvalue weighted by atomic mass is 9.72. The van der Waals surface area contributed by atoms with E-state index in [1.54, 1.807) is 20.8 Å². The second kappa shape index (κ2) is 8.52. The van der Waals surface area contributed by atoms with Crippen LogP contribution in [0.1, 0.15) is 26.3 Å². The van der Waals surface area contributed by atoms with Gasteiger partial charge in [-0.3, -0.25) is 14.9 Å². The summed E-state index contributed by atoms with van der Waals surface area (Å²) in [6, 6.07) is 1.47. The van der Waals surface area contributed by atoms with Crippen LogP contribution in [-0.4, -0.2) is 52.7 Å². The molecule has 32 heavy (non-hydrogen) atoms. The number of likely N-dealkylation sites (tertiary alicyclic amines) is 1. The molecule has 0 spiro atoms. The van der Waals surface area contributed by atoms with E-state index in [9.17, 15) is 24.1 Å². The van der Waals surface area contributed by atoms with Crippen LogP contribution in [-0.2, 0) is 19.7 Å². The molecule has 1 aliphatic heterocycles. The van der Waals surface area contributed by atoms with Crippen LogP contribution >= 0.6 is 50.1 Å². The third-order valence-corrected chi connectivity index (χ3v) is 7.49. The molecule has 1 aromatic heterocycles. The van der Waals surface area contributed by atoms with Crippen LogP contribution in [0.3, 0.4) is 0 Å². The molecule has 13 heteroatoms.